The molecule has 2 fully saturated rings. The van der Waals surface area contributed by atoms with Crippen molar-refractivity contribution in [3.8, 4) is 0 Å². The van der Waals surface area contributed by atoms with E-state index in [0.717, 1.165) is 12.3 Å². The second-order valence-corrected chi connectivity index (χ2v) is 9.37. The summed E-state index contributed by atoms with van der Waals surface area (Å²) in [6.07, 6.45) is -6.17. The maximum absolute atomic E-state index is 13.3. The predicted octanol–water partition coefficient (Wildman–Crippen LogP) is 3.27. The highest BCUT2D eigenvalue weighted by Crippen LogP contribution is 2.30. The molecule has 1 aromatic heterocycles. The first-order valence-electron chi connectivity index (χ1n) is 12.8. The number of alkyl halides is 6. The highest BCUT2D eigenvalue weighted by atomic mass is 19.4. The van der Waals surface area contributed by atoms with Crippen LogP contribution in [0.1, 0.15) is 37.1 Å². The summed E-state index contributed by atoms with van der Waals surface area (Å²) < 4.78 is 84.7. The lowest BCUT2D eigenvalue weighted by Gasteiger charge is -2.39. The summed E-state index contributed by atoms with van der Waals surface area (Å²) in [5.74, 6) is 0.101. The minimum atomic E-state index is -4.83. The monoisotopic (exact) mass is 578 g/mol. The lowest BCUT2D eigenvalue weighted by atomic mass is 10.1. The van der Waals surface area contributed by atoms with Gasteiger partial charge in [0.05, 0.1) is 17.9 Å². The van der Waals surface area contributed by atoms with Crippen molar-refractivity contribution in [2.24, 2.45) is 4.99 Å². The van der Waals surface area contributed by atoms with E-state index in [1.54, 1.807) is 15.9 Å². The number of piperazine rings is 1. The largest absolute Gasteiger partial charge is 0.422 e. The Kier molecular flexibility index (Phi) is 10.2. The van der Waals surface area contributed by atoms with Gasteiger partial charge in [-0.25, -0.2) is 10.1 Å². The summed E-state index contributed by atoms with van der Waals surface area (Å²) in [4.78, 5) is 34.1. The van der Waals surface area contributed by atoms with Crippen LogP contribution in [0, 0.1) is 6.92 Å². The molecule has 3 rings (SSSR count). The molecule has 1 unspecified atom stereocenters. The Bertz CT molecular complexity index is 1200. The topological polar surface area (TPSA) is 94.1 Å². The van der Waals surface area contributed by atoms with E-state index >= 15 is 0 Å². The van der Waals surface area contributed by atoms with E-state index in [9.17, 15) is 35.9 Å². The van der Waals surface area contributed by atoms with Crippen molar-refractivity contribution < 1.29 is 35.9 Å². The molecule has 1 amide bonds. The molecule has 1 aromatic rings. The first-order chi connectivity index (χ1) is 18.8. The smallest absolute Gasteiger partial charge is 0.366 e. The van der Waals surface area contributed by atoms with Crippen molar-refractivity contribution in [1.29, 1.82) is 0 Å². The fraction of sp³-hybridized carbons (Fsp3) is 0.600. The lowest BCUT2D eigenvalue weighted by Crippen LogP contribution is -2.55. The van der Waals surface area contributed by atoms with Gasteiger partial charge in [0.15, 0.2) is 0 Å². The van der Waals surface area contributed by atoms with Crippen LogP contribution < -0.4 is 5.56 Å². The average molecular weight is 579 g/mol. The fourth-order valence-electron chi connectivity index (χ4n) is 4.53. The fourth-order valence-corrected chi connectivity index (χ4v) is 4.53. The number of allylic oxidation sites excluding steroid dienone is 3. The lowest BCUT2D eigenvalue weighted by molar-refractivity contribution is -0.151. The molecule has 0 spiro atoms. The number of hydrogen-bond donors (Lipinski definition) is 1. The van der Waals surface area contributed by atoms with Gasteiger partial charge >= 0.3 is 12.4 Å². The Morgan fingerprint density at radius 1 is 1.12 bits per heavy atom. The Balaban J connectivity index is 1.62. The third-order valence-corrected chi connectivity index (χ3v) is 6.69. The minimum Gasteiger partial charge on any atom is -0.366 e. The third kappa shape index (κ3) is 7.71. The number of hydrogen-bond acceptors (Lipinski definition) is 7. The molecule has 2 saturated heterocycles. The van der Waals surface area contributed by atoms with Gasteiger partial charge in [0.25, 0.3) is 11.5 Å². The molecule has 0 saturated carbocycles. The number of nitrogens with zero attached hydrogens (tertiary/aromatic N) is 5. The molecule has 0 aromatic carbocycles. The molecule has 2 aliphatic rings. The average Bonchev–Trinajstić information content (AvgIpc) is 2.88. The number of ether oxygens (including phenoxy) is 1. The molecule has 1 N–H and O–H groups in total. The van der Waals surface area contributed by atoms with Gasteiger partial charge < -0.3 is 14.5 Å². The normalized spacial score (nSPS) is 20.5. The summed E-state index contributed by atoms with van der Waals surface area (Å²) in [7, 11) is 0. The molecule has 0 radical (unpaired) electrons. The molecule has 0 bridgehead atoms. The second kappa shape index (κ2) is 13.0. The first kappa shape index (κ1) is 31.3. The van der Waals surface area contributed by atoms with Crippen LogP contribution in [-0.4, -0.2) is 95.2 Å². The van der Waals surface area contributed by atoms with Crippen LogP contribution in [-0.2, 0) is 22.3 Å². The van der Waals surface area contributed by atoms with Gasteiger partial charge in [-0.3, -0.25) is 14.5 Å². The highest BCUT2D eigenvalue weighted by Gasteiger charge is 2.38. The summed E-state index contributed by atoms with van der Waals surface area (Å²) in [6, 6.07) is 0. The number of aromatic nitrogens is 2. The molecule has 1 atom stereocenters. The molecule has 15 heteroatoms. The van der Waals surface area contributed by atoms with Crippen LogP contribution in [0.2, 0.25) is 0 Å². The quantitative estimate of drug-likeness (QED) is 0.395. The summed E-state index contributed by atoms with van der Waals surface area (Å²) in [5, 5.41) is 5.69. The van der Waals surface area contributed by atoms with E-state index in [2.05, 4.69) is 10.1 Å². The van der Waals surface area contributed by atoms with E-state index < -0.39 is 35.2 Å². The van der Waals surface area contributed by atoms with E-state index in [1.165, 1.54) is 13.8 Å². The van der Waals surface area contributed by atoms with Crippen molar-refractivity contribution in [2.45, 2.75) is 52.2 Å². The zero-order chi connectivity index (χ0) is 29.7. The molecule has 40 heavy (non-hydrogen) atoms. The highest BCUT2D eigenvalue weighted by molar-refractivity contribution is 5.82. The molecule has 3 heterocycles. The maximum atomic E-state index is 13.3. The van der Waals surface area contributed by atoms with Crippen molar-refractivity contribution in [2.75, 3.05) is 45.9 Å². The number of carbonyl (C=O) groups excluding carboxylic acids is 1. The van der Waals surface area contributed by atoms with E-state index in [1.807, 2.05) is 16.9 Å². The summed E-state index contributed by atoms with van der Waals surface area (Å²) in [6.45, 7) is 6.25. The van der Waals surface area contributed by atoms with Gasteiger partial charge in [-0.2, -0.15) is 31.4 Å². The number of amides is 1. The Morgan fingerprint density at radius 2 is 1.77 bits per heavy atom. The van der Waals surface area contributed by atoms with Gasteiger partial charge in [-0.15, -0.1) is 0 Å². The number of halogens is 6. The Labute approximate surface area is 227 Å². The zero-order valence-electron chi connectivity index (χ0n) is 22.4. The zero-order valence-corrected chi connectivity index (χ0v) is 22.4. The third-order valence-electron chi connectivity index (χ3n) is 6.69. The SMILES string of the molecule is C\C=C(/C=N\C(=C\CC)N1CCN(C(=O)C2CN(Cc3n[nH]c(=O)c(C(F)(F)F)c3C)CCO2)CC1)C(F)(F)F. The van der Waals surface area contributed by atoms with E-state index in [0.29, 0.717) is 45.0 Å². The molecule has 222 valence electrons. The van der Waals surface area contributed by atoms with Crippen molar-refractivity contribution in [3.05, 3.63) is 50.7 Å². The summed E-state index contributed by atoms with van der Waals surface area (Å²) in [5.41, 5.74) is -3.68. The Morgan fingerprint density at radius 3 is 2.35 bits per heavy atom. The number of nitrogens with one attached hydrogen (secondary N) is 1. The van der Waals surface area contributed by atoms with Gasteiger partial charge in [-0.05, 0) is 31.9 Å². The Hall–Kier alpha value is -3.20. The van der Waals surface area contributed by atoms with Crippen LogP contribution in [0.5, 0.6) is 0 Å². The van der Waals surface area contributed by atoms with E-state index in [4.69, 9.17) is 4.74 Å². The van der Waals surface area contributed by atoms with Crippen LogP contribution in [0.3, 0.4) is 0 Å². The van der Waals surface area contributed by atoms with Crippen LogP contribution in [0.25, 0.3) is 0 Å². The van der Waals surface area contributed by atoms with Crippen molar-refractivity contribution in [3.63, 3.8) is 0 Å². The maximum Gasteiger partial charge on any atom is 0.422 e. The number of morpholine rings is 1. The molecular weight excluding hydrogens is 546 g/mol. The summed E-state index contributed by atoms with van der Waals surface area (Å²) >= 11 is 0. The number of rotatable bonds is 7. The minimum absolute atomic E-state index is 0.0120. The second-order valence-electron chi connectivity index (χ2n) is 9.37. The number of H-pyrrole nitrogens is 1. The van der Waals surface area contributed by atoms with Crippen molar-refractivity contribution >= 4 is 12.1 Å². The van der Waals surface area contributed by atoms with Crippen molar-refractivity contribution in [1.82, 2.24) is 24.9 Å². The van der Waals surface area contributed by atoms with E-state index in [-0.39, 0.29) is 36.9 Å². The van der Waals surface area contributed by atoms with Crippen LogP contribution in [0.4, 0.5) is 26.3 Å². The van der Waals surface area contributed by atoms with Gasteiger partial charge in [-0.1, -0.05) is 13.0 Å². The number of carbonyl (C=O) groups is 1. The number of aliphatic imine (C=N–C) groups is 1. The molecular formula is C25H32F6N6O3. The van der Waals surface area contributed by atoms with Gasteiger partial charge in [0.2, 0.25) is 0 Å². The standard InChI is InChI=1S/C25H32F6N6O3/c1-4-6-20(32-13-17(5-2)24(26,27)28)36-7-9-37(10-8-36)23(39)19-15-35(11-12-40-19)14-18-16(3)21(25(29,30)31)22(38)34-33-18/h5-6,13,19H,4,7-12,14-15H2,1-3H3,(H,34,38)/b17-5+,20-6-,32-13-. The molecule has 0 aliphatic carbocycles. The van der Waals surface area contributed by atoms with Gasteiger partial charge in [0, 0.05) is 52.0 Å². The van der Waals surface area contributed by atoms with Crippen LogP contribution >= 0.6 is 0 Å². The van der Waals surface area contributed by atoms with Gasteiger partial charge in [0.1, 0.15) is 17.5 Å². The number of aromatic amines is 1. The predicted molar refractivity (Wildman–Crippen MR) is 134 cm³/mol. The molecule has 9 nitrogen and oxygen atoms in total. The van der Waals surface area contributed by atoms with Crippen LogP contribution in [0.15, 0.2) is 33.3 Å². The molecule has 2 aliphatic heterocycles. The first-order valence-corrected chi connectivity index (χ1v) is 12.8.